The number of rotatable bonds is 1. The monoisotopic (exact) mass is 312 g/mol. The second-order valence-corrected chi connectivity index (χ2v) is 5.49. The molecule has 0 bridgehead atoms. The highest BCUT2D eigenvalue weighted by Crippen LogP contribution is 2.21. The molecule has 1 fully saturated rings. The summed E-state index contributed by atoms with van der Waals surface area (Å²) in [6.45, 7) is 3.12. The van der Waals surface area contributed by atoms with Crippen molar-refractivity contribution in [1.29, 1.82) is 0 Å². The van der Waals surface area contributed by atoms with Gasteiger partial charge in [0.15, 0.2) is 0 Å². The van der Waals surface area contributed by atoms with Gasteiger partial charge >= 0.3 is 6.03 Å². The van der Waals surface area contributed by atoms with Gasteiger partial charge in [-0.25, -0.2) is 4.79 Å². The van der Waals surface area contributed by atoms with Crippen molar-refractivity contribution in [2.45, 2.75) is 25.9 Å². The van der Waals surface area contributed by atoms with Crippen molar-refractivity contribution in [3.05, 3.63) is 28.2 Å². The summed E-state index contributed by atoms with van der Waals surface area (Å²) in [4.78, 5) is 13.7. The van der Waals surface area contributed by atoms with Gasteiger partial charge in [0.1, 0.15) is 0 Å². The highest BCUT2D eigenvalue weighted by atomic mass is 79.9. The maximum Gasteiger partial charge on any atom is 0.321 e. The Morgan fingerprint density at radius 1 is 1.56 bits per heavy atom. The fraction of sp³-hybridized carbons (Fsp3) is 0.462. The second kappa shape index (κ2) is 5.71. The zero-order valence-electron chi connectivity index (χ0n) is 10.3. The van der Waals surface area contributed by atoms with Crippen LogP contribution < -0.4 is 5.32 Å². The lowest BCUT2D eigenvalue weighted by Gasteiger charge is -2.30. The number of nitrogens with zero attached hydrogens (tertiary/aromatic N) is 1. The third-order valence-corrected chi connectivity index (χ3v) is 3.96. The number of piperidine rings is 1. The highest BCUT2D eigenvalue weighted by molar-refractivity contribution is 9.10. The maximum atomic E-state index is 12.0. The number of carbonyl (C=O) groups excluding carboxylic acids is 1. The van der Waals surface area contributed by atoms with Gasteiger partial charge in [0.2, 0.25) is 0 Å². The second-order valence-electron chi connectivity index (χ2n) is 4.64. The molecule has 2 N–H and O–H groups in total. The van der Waals surface area contributed by atoms with Crippen LogP contribution in [0.4, 0.5) is 10.5 Å². The van der Waals surface area contributed by atoms with Gasteiger partial charge in [0.25, 0.3) is 0 Å². The topological polar surface area (TPSA) is 52.6 Å². The lowest BCUT2D eigenvalue weighted by atomic mass is 10.1. The van der Waals surface area contributed by atoms with E-state index in [2.05, 4.69) is 21.2 Å². The van der Waals surface area contributed by atoms with Crippen LogP contribution >= 0.6 is 15.9 Å². The minimum atomic E-state index is -0.394. The first kappa shape index (κ1) is 13.4. The Morgan fingerprint density at radius 3 is 3.00 bits per heavy atom. The number of urea groups is 1. The molecule has 1 aromatic carbocycles. The Bertz CT molecular complexity index is 451. The quantitative estimate of drug-likeness (QED) is 0.837. The van der Waals surface area contributed by atoms with Crippen molar-refractivity contribution in [2.24, 2.45) is 0 Å². The van der Waals surface area contributed by atoms with E-state index in [0.717, 1.165) is 28.6 Å². The number of aliphatic hydroxyl groups excluding tert-OH is 1. The van der Waals surface area contributed by atoms with E-state index >= 15 is 0 Å². The number of amides is 2. The molecule has 0 radical (unpaired) electrons. The van der Waals surface area contributed by atoms with Crippen molar-refractivity contribution in [1.82, 2.24) is 4.90 Å². The standard InChI is InChI=1S/C13H17BrN2O2/c1-9-4-5-10(7-12(9)14)15-13(18)16-6-2-3-11(17)8-16/h4-5,7,11,17H,2-3,6,8H2,1H3,(H,15,18). The first-order valence-corrected chi connectivity index (χ1v) is 6.85. The van der Waals surface area contributed by atoms with Gasteiger partial charge in [-0.2, -0.15) is 0 Å². The number of benzene rings is 1. The average Bonchev–Trinajstić information content (AvgIpc) is 2.34. The molecular weight excluding hydrogens is 296 g/mol. The average molecular weight is 313 g/mol. The van der Waals surface area contributed by atoms with Gasteiger partial charge in [-0.3, -0.25) is 0 Å². The van der Waals surface area contributed by atoms with Gasteiger partial charge in [-0.15, -0.1) is 0 Å². The van der Waals surface area contributed by atoms with Gasteiger partial charge in [0, 0.05) is 23.2 Å². The largest absolute Gasteiger partial charge is 0.391 e. The summed E-state index contributed by atoms with van der Waals surface area (Å²) in [7, 11) is 0. The number of likely N-dealkylation sites (tertiary alicyclic amines) is 1. The molecule has 4 nitrogen and oxygen atoms in total. The lowest BCUT2D eigenvalue weighted by Crippen LogP contribution is -2.44. The SMILES string of the molecule is Cc1ccc(NC(=O)N2CCCC(O)C2)cc1Br. The molecule has 1 aliphatic rings. The van der Waals surface area contributed by atoms with E-state index in [1.807, 2.05) is 25.1 Å². The van der Waals surface area contributed by atoms with Crippen molar-refractivity contribution >= 4 is 27.6 Å². The van der Waals surface area contributed by atoms with Crippen LogP contribution in [0.1, 0.15) is 18.4 Å². The zero-order chi connectivity index (χ0) is 13.1. The summed E-state index contributed by atoms with van der Waals surface area (Å²) in [5.74, 6) is 0. The van der Waals surface area contributed by atoms with E-state index < -0.39 is 6.10 Å². The Hall–Kier alpha value is -1.07. The molecule has 1 saturated heterocycles. The van der Waals surface area contributed by atoms with Gasteiger partial charge < -0.3 is 15.3 Å². The molecule has 0 spiro atoms. The smallest absolute Gasteiger partial charge is 0.321 e. The van der Waals surface area contributed by atoms with Crippen LogP contribution in [-0.4, -0.2) is 35.2 Å². The number of carbonyl (C=O) groups is 1. The number of aryl methyl sites for hydroxylation is 1. The van der Waals surface area contributed by atoms with E-state index in [9.17, 15) is 9.90 Å². The van der Waals surface area contributed by atoms with Crippen molar-refractivity contribution in [3.8, 4) is 0 Å². The molecule has 1 atom stereocenters. The van der Waals surface area contributed by atoms with Crippen molar-refractivity contribution < 1.29 is 9.90 Å². The van der Waals surface area contributed by atoms with Crippen LogP contribution in [0, 0.1) is 6.92 Å². The number of aliphatic hydroxyl groups is 1. The number of halogens is 1. The predicted molar refractivity (Wildman–Crippen MR) is 74.7 cm³/mol. The van der Waals surface area contributed by atoms with Crippen LogP contribution in [0.5, 0.6) is 0 Å². The molecule has 98 valence electrons. The van der Waals surface area contributed by atoms with Crippen LogP contribution in [-0.2, 0) is 0 Å². The number of hydrogen-bond donors (Lipinski definition) is 2. The molecule has 2 amide bonds. The lowest BCUT2D eigenvalue weighted by molar-refractivity contribution is 0.0883. The number of β-amino-alcohol motifs (C(OH)–C–C–N with tert-alkyl or cyclic N) is 1. The molecule has 18 heavy (non-hydrogen) atoms. The third kappa shape index (κ3) is 3.23. The molecule has 0 aromatic heterocycles. The van der Waals surface area contributed by atoms with Crippen molar-refractivity contribution in [2.75, 3.05) is 18.4 Å². The highest BCUT2D eigenvalue weighted by Gasteiger charge is 2.21. The van der Waals surface area contributed by atoms with Gasteiger partial charge in [0.05, 0.1) is 6.10 Å². The van der Waals surface area contributed by atoms with Crippen LogP contribution in [0.3, 0.4) is 0 Å². The summed E-state index contributed by atoms with van der Waals surface area (Å²) in [6, 6.07) is 5.56. The Labute approximate surface area is 115 Å². The Morgan fingerprint density at radius 2 is 2.33 bits per heavy atom. The fourth-order valence-electron chi connectivity index (χ4n) is 2.01. The van der Waals surface area contributed by atoms with E-state index in [0.29, 0.717) is 13.1 Å². The fourth-order valence-corrected chi connectivity index (χ4v) is 2.39. The third-order valence-electron chi connectivity index (χ3n) is 3.11. The molecule has 2 rings (SSSR count). The number of anilines is 1. The first-order chi connectivity index (χ1) is 8.56. The molecular formula is C13H17BrN2O2. The van der Waals surface area contributed by atoms with E-state index in [1.165, 1.54) is 0 Å². The molecule has 1 unspecified atom stereocenters. The van der Waals surface area contributed by atoms with Crippen LogP contribution in [0.15, 0.2) is 22.7 Å². The minimum Gasteiger partial charge on any atom is -0.391 e. The minimum absolute atomic E-state index is 0.149. The molecule has 5 heteroatoms. The van der Waals surface area contributed by atoms with Crippen molar-refractivity contribution in [3.63, 3.8) is 0 Å². The van der Waals surface area contributed by atoms with Crippen LogP contribution in [0.25, 0.3) is 0 Å². The molecule has 1 aliphatic heterocycles. The normalized spacial score (nSPS) is 19.7. The molecule has 0 aliphatic carbocycles. The Kier molecular flexibility index (Phi) is 4.24. The predicted octanol–water partition coefficient (Wildman–Crippen LogP) is 2.75. The van der Waals surface area contributed by atoms with E-state index in [1.54, 1.807) is 4.90 Å². The summed E-state index contributed by atoms with van der Waals surface area (Å²) >= 11 is 3.44. The number of nitrogens with one attached hydrogen (secondary N) is 1. The number of hydrogen-bond acceptors (Lipinski definition) is 2. The maximum absolute atomic E-state index is 12.0. The first-order valence-electron chi connectivity index (χ1n) is 6.06. The summed E-state index contributed by atoms with van der Waals surface area (Å²) in [5, 5.41) is 12.4. The Balaban J connectivity index is 2.00. The van der Waals surface area contributed by atoms with Crippen LogP contribution in [0.2, 0.25) is 0 Å². The zero-order valence-corrected chi connectivity index (χ0v) is 11.9. The van der Waals surface area contributed by atoms with E-state index in [4.69, 9.17) is 0 Å². The van der Waals surface area contributed by atoms with Gasteiger partial charge in [-0.05, 0) is 37.5 Å². The summed E-state index contributed by atoms with van der Waals surface area (Å²) in [6.07, 6.45) is 1.24. The molecule has 1 heterocycles. The molecule has 0 saturated carbocycles. The molecule has 1 aromatic rings. The van der Waals surface area contributed by atoms with Gasteiger partial charge in [-0.1, -0.05) is 22.0 Å². The van der Waals surface area contributed by atoms with E-state index in [-0.39, 0.29) is 6.03 Å². The summed E-state index contributed by atoms with van der Waals surface area (Å²) < 4.78 is 0.971. The summed E-state index contributed by atoms with van der Waals surface area (Å²) in [5.41, 5.74) is 1.89.